The Kier molecular flexibility index (Phi) is 9.92. The number of hydrogen-bond donors (Lipinski definition) is 2. The molecule has 0 bridgehead atoms. The number of carbonyl (C=O) groups is 1. The number of aliphatic hydroxyl groups excluding tert-OH is 1. The molecule has 0 spiro atoms. The molecular formula is C31H32F4N6O5. The number of piperazine rings is 1. The van der Waals surface area contributed by atoms with Crippen molar-refractivity contribution in [2.75, 3.05) is 56.7 Å². The molecule has 0 saturated carbocycles. The lowest BCUT2D eigenvalue weighted by Gasteiger charge is -2.35. The van der Waals surface area contributed by atoms with Crippen LogP contribution in [0, 0.1) is 11.6 Å². The van der Waals surface area contributed by atoms with E-state index >= 15 is 8.78 Å². The van der Waals surface area contributed by atoms with Crippen LogP contribution in [0.4, 0.5) is 29.1 Å². The molecule has 1 aliphatic heterocycles. The molecule has 0 unspecified atom stereocenters. The number of anilines is 2. The number of halogens is 4. The number of aliphatic hydroxyl groups is 1. The molecule has 11 nitrogen and oxygen atoms in total. The number of rotatable bonds is 11. The van der Waals surface area contributed by atoms with Crippen LogP contribution in [0.25, 0.3) is 17.1 Å². The fraction of sp³-hybridized carbons (Fsp3) is 0.323. The fourth-order valence-electron chi connectivity index (χ4n) is 5.33. The Balaban J connectivity index is 1.55. The van der Waals surface area contributed by atoms with Gasteiger partial charge >= 0.3 is 6.61 Å². The van der Waals surface area contributed by atoms with Crippen LogP contribution in [0.3, 0.4) is 0 Å². The summed E-state index contributed by atoms with van der Waals surface area (Å²) >= 11 is 0. The van der Waals surface area contributed by atoms with Crippen LogP contribution in [-0.4, -0.2) is 83.3 Å². The minimum absolute atomic E-state index is 0.0312. The third-order valence-electron chi connectivity index (χ3n) is 7.60. The van der Waals surface area contributed by atoms with Gasteiger partial charge < -0.3 is 24.8 Å². The van der Waals surface area contributed by atoms with Crippen LogP contribution >= 0.6 is 0 Å². The first-order chi connectivity index (χ1) is 22.1. The highest BCUT2D eigenvalue weighted by Gasteiger charge is 2.28. The van der Waals surface area contributed by atoms with Crippen molar-refractivity contribution >= 4 is 17.4 Å². The van der Waals surface area contributed by atoms with Gasteiger partial charge in [-0.1, -0.05) is 6.07 Å². The van der Waals surface area contributed by atoms with Gasteiger partial charge in [0.2, 0.25) is 0 Å². The van der Waals surface area contributed by atoms with Gasteiger partial charge in [0, 0.05) is 64.1 Å². The molecule has 2 aromatic carbocycles. The average molecular weight is 645 g/mol. The quantitative estimate of drug-likeness (QED) is 0.237. The molecule has 3 heterocycles. The highest BCUT2D eigenvalue weighted by molar-refractivity contribution is 6.06. The molecular weight excluding hydrogens is 612 g/mol. The van der Waals surface area contributed by atoms with E-state index in [9.17, 15) is 18.4 Å². The number of nitrogens with zero attached hydrogens (tertiary/aromatic N) is 5. The van der Waals surface area contributed by atoms with Crippen molar-refractivity contribution in [2.24, 2.45) is 7.05 Å². The maximum absolute atomic E-state index is 15.4. The smallest absolute Gasteiger partial charge is 0.387 e. The molecule has 1 aliphatic rings. The predicted octanol–water partition coefficient (Wildman–Crippen LogP) is 3.88. The number of aromatic nitrogens is 3. The van der Waals surface area contributed by atoms with Gasteiger partial charge in [-0.05, 0) is 42.8 Å². The molecule has 4 aromatic rings. The van der Waals surface area contributed by atoms with E-state index in [1.54, 1.807) is 18.2 Å². The number of amides is 1. The van der Waals surface area contributed by atoms with Crippen LogP contribution in [0.2, 0.25) is 0 Å². The molecule has 1 fully saturated rings. The Hall–Kier alpha value is -4.89. The number of pyridine rings is 1. The van der Waals surface area contributed by atoms with Crippen molar-refractivity contribution in [3.8, 4) is 28.6 Å². The maximum atomic E-state index is 15.4. The van der Waals surface area contributed by atoms with Crippen molar-refractivity contribution < 1.29 is 36.9 Å². The zero-order valence-corrected chi connectivity index (χ0v) is 25.1. The van der Waals surface area contributed by atoms with E-state index in [2.05, 4.69) is 19.9 Å². The summed E-state index contributed by atoms with van der Waals surface area (Å²) in [4.78, 5) is 36.2. The Morgan fingerprint density at radius 2 is 1.65 bits per heavy atom. The molecule has 0 radical (unpaired) electrons. The third-order valence-corrected chi connectivity index (χ3v) is 7.60. The van der Waals surface area contributed by atoms with Crippen molar-refractivity contribution in [2.45, 2.75) is 13.0 Å². The van der Waals surface area contributed by atoms with Crippen molar-refractivity contribution in [3.63, 3.8) is 0 Å². The molecule has 2 N–H and O–H groups in total. The van der Waals surface area contributed by atoms with E-state index in [4.69, 9.17) is 9.84 Å². The summed E-state index contributed by atoms with van der Waals surface area (Å²) < 4.78 is 67.6. The highest BCUT2D eigenvalue weighted by atomic mass is 19.3. The van der Waals surface area contributed by atoms with E-state index < -0.39 is 41.0 Å². The molecule has 1 amide bonds. The lowest BCUT2D eigenvalue weighted by Crippen LogP contribution is -2.47. The molecule has 0 atom stereocenters. The van der Waals surface area contributed by atoms with Crippen molar-refractivity contribution in [1.82, 2.24) is 19.2 Å². The Labute approximate surface area is 261 Å². The SMILES string of the molecule is COc1cc(F)c(-c2c(NC(=O)c3ccc(OC(F)F)cc3)c(=O)n(-c3cccc(N4CCN(CCCO)CC4)n3)n2C)c(F)c1. The summed E-state index contributed by atoms with van der Waals surface area (Å²) in [7, 11) is 2.65. The van der Waals surface area contributed by atoms with Gasteiger partial charge in [0.05, 0.1) is 12.7 Å². The summed E-state index contributed by atoms with van der Waals surface area (Å²) in [5, 5.41) is 11.6. The number of carbonyl (C=O) groups excluding carboxylic acids is 1. The Morgan fingerprint density at radius 1 is 1.00 bits per heavy atom. The molecule has 244 valence electrons. The molecule has 1 saturated heterocycles. The van der Waals surface area contributed by atoms with Crippen LogP contribution in [-0.2, 0) is 7.05 Å². The average Bonchev–Trinajstić information content (AvgIpc) is 3.28. The normalized spacial score (nSPS) is 13.7. The van der Waals surface area contributed by atoms with Gasteiger partial charge in [-0.25, -0.2) is 13.8 Å². The Morgan fingerprint density at radius 3 is 2.26 bits per heavy atom. The van der Waals surface area contributed by atoms with E-state index in [1.807, 2.05) is 4.90 Å². The second kappa shape index (κ2) is 14.0. The summed E-state index contributed by atoms with van der Waals surface area (Å²) in [6, 6.07) is 11.7. The van der Waals surface area contributed by atoms with Crippen LogP contribution in [0.1, 0.15) is 16.8 Å². The molecule has 46 heavy (non-hydrogen) atoms. The monoisotopic (exact) mass is 644 g/mol. The zero-order chi connectivity index (χ0) is 33.0. The number of methoxy groups -OCH3 is 1. The summed E-state index contributed by atoms with van der Waals surface area (Å²) in [5.74, 6) is -2.50. The minimum atomic E-state index is -3.06. The van der Waals surface area contributed by atoms with Gasteiger partial charge in [0.25, 0.3) is 11.5 Å². The fourth-order valence-corrected chi connectivity index (χ4v) is 5.33. The number of ether oxygens (including phenoxy) is 2. The molecule has 15 heteroatoms. The topological polar surface area (TPSA) is 114 Å². The second-order valence-electron chi connectivity index (χ2n) is 10.4. The van der Waals surface area contributed by atoms with E-state index in [0.717, 1.165) is 48.6 Å². The first-order valence-corrected chi connectivity index (χ1v) is 14.4. The van der Waals surface area contributed by atoms with Crippen molar-refractivity contribution in [1.29, 1.82) is 0 Å². The first-order valence-electron chi connectivity index (χ1n) is 14.4. The highest BCUT2D eigenvalue weighted by Crippen LogP contribution is 2.34. The van der Waals surface area contributed by atoms with Gasteiger partial charge in [0.15, 0.2) is 5.82 Å². The Bertz CT molecular complexity index is 1730. The van der Waals surface area contributed by atoms with Crippen LogP contribution in [0.5, 0.6) is 11.5 Å². The minimum Gasteiger partial charge on any atom is -0.497 e. The van der Waals surface area contributed by atoms with E-state index in [1.165, 1.54) is 31.0 Å². The summed E-state index contributed by atoms with van der Waals surface area (Å²) in [6.45, 7) is 0.642. The molecule has 5 rings (SSSR count). The van der Waals surface area contributed by atoms with Crippen LogP contribution in [0.15, 0.2) is 59.4 Å². The molecule has 0 aliphatic carbocycles. The first kappa shape index (κ1) is 32.5. The maximum Gasteiger partial charge on any atom is 0.387 e. The lowest BCUT2D eigenvalue weighted by atomic mass is 10.1. The number of hydrogen-bond acceptors (Lipinski definition) is 8. The largest absolute Gasteiger partial charge is 0.497 e. The van der Waals surface area contributed by atoms with Gasteiger partial charge in [-0.2, -0.15) is 13.5 Å². The van der Waals surface area contributed by atoms with Gasteiger partial charge in [-0.15, -0.1) is 0 Å². The van der Waals surface area contributed by atoms with Gasteiger partial charge in [-0.3, -0.25) is 19.2 Å². The second-order valence-corrected chi connectivity index (χ2v) is 10.4. The number of benzene rings is 2. The number of alkyl halides is 2. The molecule has 2 aromatic heterocycles. The van der Waals surface area contributed by atoms with Crippen LogP contribution < -0.4 is 25.2 Å². The zero-order valence-electron chi connectivity index (χ0n) is 25.1. The number of nitrogens with one attached hydrogen (secondary N) is 1. The van der Waals surface area contributed by atoms with E-state index in [0.29, 0.717) is 25.3 Å². The summed E-state index contributed by atoms with van der Waals surface area (Å²) in [5.41, 5.74) is -2.16. The predicted molar refractivity (Wildman–Crippen MR) is 162 cm³/mol. The standard InChI is InChI=1S/C31H32F4N6O5/c1-38-28(26-22(32)17-21(45-2)18-23(26)33)27(37-29(43)19-7-9-20(10-8-19)46-31(34)35)30(44)41(38)25-6-3-5-24(36-25)40-14-12-39(13-15-40)11-4-16-42/h3,5-10,17-18,31,42H,4,11-16H2,1-2H3,(H,37,43). The summed E-state index contributed by atoms with van der Waals surface area (Å²) in [6.07, 6.45) is 0.680. The van der Waals surface area contributed by atoms with E-state index in [-0.39, 0.29) is 35.2 Å². The van der Waals surface area contributed by atoms with Crippen molar-refractivity contribution in [3.05, 3.63) is 82.1 Å². The lowest BCUT2D eigenvalue weighted by molar-refractivity contribution is -0.0498. The van der Waals surface area contributed by atoms with Gasteiger partial charge in [0.1, 0.15) is 40.3 Å². The third kappa shape index (κ3) is 6.84.